The largest absolute Gasteiger partial charge is 0.465 e. The number of aromatic nitrogens is 3. The van der Waals surface area contributed by atoms with Crippen molar-refractivity contribution in [1.29, 1.82) is 0 Å². The first-order chi connectivity index (χ1) is 8.10. The molecule has 0 aliphatic carbocycles. The number of aryl methyl sites for hydroxylation is 1. The zero-order valence-corrected chi connectivity index (χ0v) is 12.0. The van der Waals surface area contributed by atoms with E-state index < -0.39 is 5.97 Å². The number of thiazole rings is 1. The second-order valence-electron chi connectivity index (χ2n) is 2.78. The molecule has 2 aromatic rings. The minimum Gasteiger partial charge on any atom is -0.465 e. The number of carbonyl (C=O) groups is 1. The molecule has 0 aliphatic heterocycles. The Morgan fingerprint density at radius 3 is 2.71 bits per heavy atom. The van der Waals surface area contributed by atoms with Gasteiger partial charge in [0.15, 0.2) is 18.7 Å². The molecule has 90 valence electrons. The van der Waals surface area contributed by atoms with E-state index in [1.54, 1.807) is 0 Å². The van der Waals surface area contributed by atoms with Crippen LogP contribution in [0, 0.1) is 6.92 Å². The Morgan fingerprint density at radius 2 is 2.12 bits per heavy atom. The summed E-state index contributed by atoms with van der Waals surface area (Å²) in [5.74, 6) is -0.479. The first-order valence-electron chi connectivity index (χ1n) is 4.32. The number of esters is 1. The van der Waals surface area contributed by atoms with Crippen LogP contribution in [0.5, 0.6) is 0 Å². The maximum atomic E-state index is 11.3. The zero-order chi connectivity index (χ0) is 12.4. The van der Waals surface area contributed by atoms with E-state index in [1.807, 2.05) is 6.92 Å². The minimum atomic E-state index is -0.479. The van der Waals surface area contributed by atoms with E-state index >= 15 is 0 Å². The zero-order valence-electron chi connectivity index (χ0n) is 8.76. The van der Waals surface area contributed by atoms with E-state index in [1.165, 1.54) is 41.5 Å². The van der Waals surface area contributed by atoms with Crippen molar-refractivity contribution in [2.75, 3.05) is 7.11 Å². The van der Waals surface area contributed by atoms with Crippen LogP contribution in [-0.2, 0) is 4.74 Å². The van der Waals surface area contributed by atoms with E-state index in [9.17, 15) is 4.79 Å². The van der Waals surface area contributed by atoms with E-state index in [-0.39, 0.29) is 5.15 Å². The lowest BCUT2D eigenvalue weighted by molar-refractivity contribution is 0.0606. The van der Waals surface area contributed by atoms with Crippen molar-refractivity contribution in [3.05, 3.63) is 15.0 Å². The molecule has 2 rings (SSSR count). The molecule has 9 heteroatoms. The van der Waals surface area contributed by atoms with Gasteiger partial charge in [-0.05, 0) is 18.7 Å². The van der Waals surface area contributed by atoms with Crippen molar-refractivity contribution in [1.82, 2.24) is 15.2 Å². The number of carbonyl (C=O) groups excluding carboxylic acids is 1. The summed E-state index contributed by atoms with van der Waals surface area (Å²) in [6.45, 7) is 1.87. The third kappa shape index (κ3) is 2.95. The van der Waals surface area contributed by atoms with E-state index in [2.05, 4.69) is 19.9 Å². The fourth-order valence-corrected chi connectivity index (χ4v) is 4.29. The van der Waals surface area contributed by atoms with Crippen molar-refractivity contribution < 1.29 is 9.53 Å². The Hall–Kier alpha value is -0.700. The topological polar surface area (TPSA) is 65.0 Å². The van der Waals surface area contributed by atoms with Gasteiger partial charge in [-0.3, -0.25) is 0 Å². The van der Waals surface area contributed by atoms with Gasteiger partial charge in [-0.2, -0.15) is 0 Å². The number of hydrogen-bond acceptors (Lipinski definition) is 8. The highest BCUT2D eigenvalue weighted by molar-refractivity contribution is 8.02. The molecule has 0 fully saturated rings. The molecular weight excluding hydrogens is 302 g/mol. The third-order valence-electron chi connectivity index (χ3n) is 1.62. The van der Waals surface area contributed by atoms with Gasteiger partial charge in [-0.15, -0.1) is 10.2 Å². The number of ether oxygens (including phenoxy) is 1. The van der Waals surface area contributed by atoms with Crippen LogP contribution in [0.2, 0.25) is 5.15 Å². The van der Waals surface area contributed by atoms with Crippen molar-refractivity contribution in [2.45, 2.75) is 15.6 Å². The maximum absolute atomic E-state index is 11.3. The van der Waals surface area contributed by atoms with E-state index in [0.717, 1.165) is 9.35 Å². The molecule has 17 heavy (non-hydrogen) atoms. The lowest BCUT2D eigenvalue weighted by Crippen LogP contribution is -1.98. The summed E-state index contributed by atoms with van der Waals surface area (Å²) in [6.07, 6.45) is 0. The monoisotopic (exact) mass is 307 g/mol. The molecule has 5 nitrogen and oxygen atoms in total. The van der Waals surface area contributed by atoms with Gasteiger partial charge in [0.25, 0.3) is 0 Å². The van der Waals surface area contributed by atoms with Crippen LogP contribution in [-0.4, -0.2) is 28.3 Å². The molecule has 0 atom stereocenters. The predicted octanol–water partition coefficient (Wildman–Crippen LogP) is 2.89. The summed E-state index contributed by atoms with van der Waals surface area (Å²) < 4.78 is 6.01. The summed E-state index contributed by atoms with van der Waals surface area (Å²) >= 11 is 9.81. The summed E-state index contributed by atoms with van der Waals surface area (Å²) in [5, 5.41) is 8.88. The van der Waals surface area contributed by atoms with Gasteiger partial charge in [0.05, 0.1) is 7.11 Å². The molecule has 0 radical (unpaired) electrons. The molecule has 0 saturated heterocycles. The first-order valence-corrected chi connectivity index (χ1v) is 7.15. The summed E-state index contributed by atoms with van der Waals surface area (Å²) in [5.41, 5.74) is 0. The van der Waals surface area contributed by atoms with Gasteiger partial charge in [0.2, 0.25) is 0 Å². The Balaban J connectivity index is 2.20. The molecule has 0 spiro atoms. The third-order valence-corrected chi connectivity index (χ3v) is 4.99. The Labute approximate surface area is 114 Å². The summed E-state index contributed by atoms with van der Waals surface area (Å²) in [7, 11) is 1.30. The fraction of sp³-hybridized carbons (Fsp3) is 0.250. The molecule has 0 unspecified atom stereocenters. The van der Waals surface area contributed by atoms with Gasteiger partial charge < -0.3 is 4.74 Å². The Morgan fingerprint density at radius 1 is 1.35 bits per heavy atom. The van der Waals surface area contributed by atoms with Crippen molar-refractivity contribution >= 4 is 52.0 Å². The van der Waals surface area contributed by atoms with E-state index in [4.69, 9.17) is 11.6 Å². The van der Waals surface area contributed by atoms with Crippen LogP contribution >= 0.6 is 46.0 Å². The predicted molar refractivity (Wildman–Crippen MR) is 67.2 cm³/mol. The van der Waals surface area contributed by atoms with Gasteiger partial charge in [-0.25, -0.2) is 9.78 Å². The SMILES string of the molecule is COC(=O)c1sc(Sc2nnc(C)s2)nc1Cl. The van der Waals surface area contributed by atoms with Crippen LogP contribution in [0.4, 0.5) is 0 Å². The molecular formula is C8H6ClN3O2S3. The summed E-state index contributed by atoms with van der Waals surface area (Å²) in [6, 6.07) is 0. The normalized spacial score (nSPS) is 10.5. The molecule has 2 heterocycles. The molecule has 0 aromatic carbocycles. The lowest BCUT2D eigenvalue weighted by atomic mass is 10.6. The van der Waals surface area contributed by atoms with Gasteiger partial charge in [0.1, 0.15) is 5.01 Å². The number of rotatable bonds is 3. The Bertz CT molecular complexity index is 554. The number of hydrogen-bond donors (Lipinski definition) is 0. The molecule has 0 aliphatic rings. The maximum Gasteiger partial charge on any atom is 0.351 e. The van der Waals surface area contributed by atoms with E-state index in [0.29, 0.717) is 9.22 Å². The highest BCUT2D eigenvalue weighted by Gasteiger charge is 2.18. The highest BCUT2D eigenvalue weighted by Crippen LogP contribution is 2.36. The second-order valence-corrected chi connectivity index (χ2v) is 6.81. The lowest BCUT2D eigenvalue weighted by Gasteiger charge is -1.92. The van der Waals surface area contributed by atoms with Gasteiger partial charge >= 0.3 is 5.97 Å². The average Bonchev–Trinajstić information content (AvgIpc) is 2.85. The van der Waals surface area contributed by atoms with Gasteiger partial charge in [-0.1, -0.05) is 34.3 Å². The number of nitrogens with zero attached hydrogens (tertiary/aromatic N) is 3. The van der Waals surface area contributed by atoms with Crippen LogP contribution in [0.3, 0.4) is 0 Å². The molecule has 0 saturated carbocycles. The van der Waals surface area contributed by atoms with Crippen LogP contribution in [0.1, 0.15) is 14.7 Å². The number of halogens is 1. The van der Waals surface area contributed by atoms with Crippen molar-refractivity contribution in [3.63, 3.8) is 0 Å². The minimum absolute atomic E-state index is 0.158. The molecule has 2 aromatic heterocycles. The van der Waals surface area contributed by atoms with Crippen LogP contribution < -0.4 is 0 Å². The second kappa shape index (κ2) is 5.30. The number of methoxy groups -OCH3 is 1. The van der Waals surface area contributed by atoms with Crippen molar-refractivity contribution in [2.24, 2.45) is 0 Å². The van der Waals surface area contributed by atoms with Crippen LogP contribution in [0.25, 0.3) is 0 Å². The standard InChI is InChI=1S/C8H6ClN3O2S3/c1-3-11-12-8(15-3)17-7-10-5(9)4(16-7)6(13)14-2/h1-2H3. The quantitative estimate of drug-likeness (QED) is 0.812. The molecule has 0 bridgehead atoms. The molecule has 0 N–H and O–H groups in total. The molecule has 0 amide bonds. The summed E-state index contributed by atoms with van der Waals surface area (Å²) in [4.78, 5) is 15.7. The Kier molecular flexibility index (Phi) is 3.97. The average molecular weight is 308 g/mol. The van der Waals surface area contributed by atoms with Gasteiger partial charge in [0, 0.05) is 0 Å². The smallest absolute Gasteiger partial charge is 0.351 e. The fourth-order valence-electron chi connectivity index (χ4n) is 0.940. The van der Waals surface area contributed by atoms with Crippen LogP contribution in [0.15, 0.2) is 8.68 Å². The van der Waals surface area contributed by atoms with Crippen molar-refractivity contribution in [3.8, 4) is 0 Å². The highest BCUT2D eigenvalue weighted by atomic mass is 35.5. The first kappa shape index (κ1) is 12.7.